The van der Waals surface area contributed by atoms with Crippen LogP contribution < -0.4 is 10.1 Å². The molecule has 1 saturated heterocycles. The predicted molar refractivity (Wildman–Crippen MR) is 96.3 cm³/mol. The molecule has 0 aliphatic carbocycles. The first kappa shape index (κ1) is 16.6. The molecule has 0 bridgehead atoms. The second-order valence-electron chi connectivity index (χ2n) is 6.98. The summed E-state index contributed by atoms with van der Waals surface area (Å²) >= 11 is 0. The van der Waals surface area contributed by atoms with Crippen molar-refractivity contribution in [1.29, 1.82) is 0 Å². The monoisotopic (exact) mass is 351 g/mol. The van der Waals surface area contributed by atoms with Gasteiger partial charge in [0.1, 0.15) is 5.75 Å². The quantitative estimate of drug-likeness (QED) is 0.899. The van der Waals surface area contributed by atoms with E-state index in [9.17, 15) is 9.59 Å². The Morgan fingerprint density at radius 1 is 1.31 bits per heavy atom. The maximum absolute atomic E-state index is 12.8. The van der Waals surface area contributed by atoms with E-state index >= 15 is 0 Å². The van der Waals surface area contributed by atoms with Crippen molar-refractivity contribution in [3.63, 3.8) is 0 Å². The summed E-state index contributed by atoms with van der Waals surface area (Å²) in [5.74, 6) is 0.550. The number of nitrogens with one attached hydrogen (secondary N) is 1. The number of ether oxygens (including phenoxy) is 1. The van der Waals surface area contributed by atoms with Gasteiger partial charge in [-0.3, -0.25) is 14.6 Å². The largest absolute Gasteiger partial charge is 0.497 e. The SMILES string of the molecule is COc1ccc2c(c1)C(=O)NC1(CC2)CCN(C(=O)c2cccnc2)C1. The molecule has 1 atom stereocenters. The van der Waals surface area contributed by atoms with E-state index in [0.717, 1.165) is 24.8 Å². The molecule has 1 spiro atoms. The number of carbonyl (C=O) groups excluding carboxylic acids is 2. The van der Waals surface area contributed by atoms with Gasteiger partial charge < -0.3 is 15.0 Å². The van der Waals surface area contributed by atoms with E-state index in [0.29, 0.717) is 30.0 Å². The highest BCUT2D eigenvalue weighted by atomic mass is 16.5. The van der Waals surface area contributed by atoms with Gasteiger partial charge in [-0.1, -0.05) is 6.07 Å². The highest BCUT2D eigenvalue weighted by molar-refractivity contribution is 5.97. The Bertz CT molecular complexity index is 853. The average Bonchev–Trinajstić information content (AvgIpc) is 3.04. The molecule has 26 heavy (non-hydrogen) atoms. The molecular formula is C20H21N3O3. The molecule has 2 amide bonds. The summed E-state index contributed by atoms with van der Waals surface area (Å²) in [5.41, 5.74) is 1.90. The minimum atomic E-state index is -0.374. The molecule has 6 heteroatoms. The molecule has 1 fully saturated rings. The first-order valence-electron chi connectivity index (χ1n) is 8.79. The number of fused-ring (bicyclic) bond motifs is 1. The lowest BCUT2D eigenvalue weighted by molar-refractivity contribution is 0.0764. The number of likely N-dealkylation sites (tertiary alicyclic amines) is 1. The van der Waals surface area contributed by atoms with Crippen molar-refractivity contribution >= 4 is 11.8 Å². The van der Waals surface area contributed by atoms with Crippen LogP contribution in [0, 0.1) is 0 Å². The number of aryl methyl sites for hydroxylation is 1. The number of pyridine rings is 1. The summed E-state index contributed by atoms with van der Waals surface area (Å²) < 4.78 is 5.25. The van der Waals surface area contributed by atoms with E-state index in [1.165, 1.54) is 0 Å². The summed E-state index contributed by atoms with van der Waals surface area (Å²) in [7, 11) is 1.59. The highest BCUT2D eigenvalue weighted by Gasteiger charge is 2.42. The minimum absolute atomic E-state index is 0.0346. The van der Waals surface area contributed by atoms with Crippen LogP contribution >= 0.6 is 0 Å². The Morgan fingerprint density at radius 2 is 2.19 bits per heavy atom. The number of hydrogen-bond acceptors (Lipinski definition) is 4. The number of benzene rings is 1. The van der Waals surface area contributed by atoms with E-state index in [1.807, 2.05) is 17.0 Å². The Morgan fingerprint density at radius 3 is 2.96 bits per heavy atom. The van der Waals surface area contributed by atoms with Gasteiger partial charge in [0.2, 0.25) is 0 Å². The third-order valence-corrected chi connectivity index (χ3v) is 5.36. The molecule has 2 aliphatic rings. The van der Waals surface area contributed by atoms with Crippen LogP contribution in [0.5, 0.6) is 5.75 Å². The van der Waals surface area contributed by atoms with Crippen molar-refractivity contribution in [1.82, 2.24) is 15.2 Å². The molecule has 3 heterocycles. The van der Waals surface area contributed by atoms with Gasteiger partial charge in [-0.2, -0.15) is 0 Å². The fourth-order valence-electron chi connectivity index (χ4n) is 3.88. The smallest absolute Gasteiger partial charge is 0.255 e. The molecule has 2 aliphatic heterocycles. The maximum Gasteiger partial charge on any atom is 0.255 e. The molecule has 1 aromatic heterocycles. The van der Waals surface area contributed by atoms with Crippen molar-refractivity contribution < 1.29 is 14.3 Å². The van der Waals surface area contributed by atoms with Crippen LogP contribution in [0.3, 0.4) is 0 Å². The van der Waals surface area contributed by atoms with Crippen LogP contribution in [0.2, 0.25) is 0 Å². The molecule has 1 unspecified atom stereocenters. The Balaban J connectivity index is 1.54. The van der Waals surface area contributed by atoms with Crippen LogP contribution in [-0.2, 0) is 6.42 Å². The molecule has 1 aromatic carbocycles. The number of amides is 2. The highest BCUT2D eigenvalue weighted by Crippen LogP contribution is 2.32. The second kappa shape index (κ2) is 6.44. The first-order valence-corrected chi connectivity index (χ1v) is 8.79. The zero-order valence-corrected chi connectivity index (χ0v) is 14.7. The third kappa shape index (κ3) is 2.92. The maximum atomic E-state index is 12.8. The zero-order chi connectivity index (χ0) is 18.1. The number of carbonyl (C=O) groups is 2. The normalized spacial score (nSPS) is 21.9. The lowest BCUT2D eigenvalue weighted by Crippen LogP contribution is -2.50. The minimum Gasteiger partial charge on any atom is -0.497 e. The van der Waals surface area contributed by atoms with Crippen molar-refractivity contribution in [3.05, 3.63) is 59.4 Å². The van der Waals surface area contributed by atoms with E-state index in [4.69, 9.17) is 4.74 Å². The van der Waals surface area contributed by atoms with Crippen LogP contribution in [-0.4, -0.2) is 47.4 Å². The van der Waals surface area contributed by atoms with Gasteiger partial charge in [0.05, 0.1) is 18.2 Å². The molecular weight excluding hydrogens is 330 g/mol. The van der Waals surface area contributed by atoms with Crippen LogP contribution in [0.25, 0.3) is 0 Å². The molecule has 6 nitrogen and oxygen atoms in total. The molecule has 2 aromatic rings. The van der Waals surface area contributed by atoms with Gasteiger partial charge >= 0.3 is 0 Å². The summed E-state index contributed by atoms with van der Waals surface area (Å²) in [4.78, 5) is 31.3. The van der Waals surface area contributed by atoms with E-state index in [1.54, 1.807) is 37.7 Å². The van der Waals surface area contributed by atoms with E-state index in [-0.39, 0.29) is 17.4 Å². The summed E-state index contributed by atoms with van der Waals surface area (Å²) in [6.07, 6.45) is 5.61. The van der Waals surface area contributed by atoms with Crippen LogP contribution in [0.15, 0.2) is 42.7 Å². The van der Waals surface area contributed by atoms with Crippen molar-refractivity contribution in [3.8, 4) is 5.75 Å². The van der Waals surface area contributed by atoms with Gasteiger partial charge in [-0.15, -0.1) is 0 Å². The standard InChI is InChI=1S/C20H21N3O3/c1-26-16-5-4-14-6-7-20(22-18(24)17(14)11-16)8-10-23(13-20)19(25)15-3-2-9-21-12-15/h2-5,9,11-12H,6-8,10,13H2,1H3,(H,22,24). The zero-order valence-electron chi connectivity index (χ0n) is 14.7. The molecule has 4 rings (SSSR count). The molecule has 0 saturated carbocycles. The van der Waals surface area contributed by atoms with Gasteiger partial charge in [-0.25, -0.2) is 0 Å². The van der Waals surface area contributed by atoms with Gasteiger partial charge in [0.15, 0.2) is 0 Å². The number of aromatic nitrogens is 1. The predicted octanol–water partition coefficient (Wildman–Crippen LogP) is 2.05. The first-order chi connectivity index (χ1) is 12.6. The summed E-state index contributed by atoms with van der Waals surface area (Å²) in [6.45, 7) is 1.16. The number of methoxy groups -OCH3 is 1. The van der Waals surface area contributed by atoms with Crippen LogP contribution in [0.1, 0.15) is 39.1 Å². The van der Waals surface area contributed by atoms with Crippen molar-refractivity contribution in [2.45, 2.75) is 24.8 Å². The van der Waals surface area contributed by atoms with E-state index < -0.39 is 0 Å². The fourth-order valence-corrected chi connectivity index (χ4v) is 3.88. The van der Waals surface area contributed by atoms with Gasteiger partial charge in [0, 0.05) is 31.0 Å². The van der Waals surface area contributed by atoms with Gasteiger partial charge in [-0.05, 0) is 49.1 Å². The number of rotatable bonds is 2. The summed E-state index contributed by atoms with van der Waals surface area (Å²) in [5, 5.41) is 3.19. The topological polar surface area (TPSA) is 71.5 Å². The van der Waals surface area contributed by atoms with Crippen LogP contribution in [0.4, 0.5) is 0 Å². The molecule has 0 radical (unpaired) electrons. The second-order valence-corrected chi connectivity index (χ2v) is 6.98. The lowest BCUT2D eigenvalue weighted by atomic mass is 9.91. The molecule has 134 valence electrons. The Labute approximate surface area is 152 Å². The molecule has 1 N–H and O–H groups in total. The van der Waals surface area contributed by atoms with Gasteiger partial charge in [0.25, 0.3) is 11.8 Å². The average molecular weight is 351 g/mol. The lowest BCUT2D eigenvalue weighted by Gasteiger charge is -2.29. The summed E-state index contributed by atoms with van der Waals surface area (Å²) in [6, 6.07) is 9.17. The number of hydrogen-bond donors (Lipinski definition) is 1. The van der Waals surface area contributed by atoms with Crippen molar-refractivity contribution in [2.24, 2.45) is 0 Å². The van der Waals surface area contributed by atoms with Crippen molar-refractivity contribution in [2.75, 3.05) is 20.2 Å². The third-order valence-electron chi connectivity index (χ3n) is 5.36. The fraction of sp³-hybridized carbons (Fsp3) is 0.350. The number of nitrogens with zero attached hydrogens (tertiary/aromatic N) is 2. The Hall–Kier alpha value is -2.89. The van der Waals surface area contributed by atoms with E-state index in [2.05, 4.69) is 10.3 Å². The Kier molecular flexibility index (Phi) is 4.11.